The summed E-state index contributed by atoms with van der Waals surface area (Å²) in [6.45, 7) is 1.98. The first-order valence-electron chi connectivity index (χ1n) is 8.11. The van der Waals surface area contributed by atoms with Crippen LogP contribution in [0, 0.1) is 12.7 Å². The van der Waals surface area contributed by atoms with Crippen LogP contribution in [-0.2, 0) is 0 Å². The van der Waals surface area contributed by atoms with Crippen molar-refractivity contribution < 1.29 is 9.13 Å². The summed E-state index contributed by atoms with van der Waals surface area (Å²) >= 11 is 0. The van der Waals surface area contributed by atoms with E-state index >= 15 is 0 Å². The lowest BCUT2D eigenvalue weighted by Gasteiger charge is -2.08. The van der Waals surface area contributed by atoms with E-state index in [2.05, 4.69) is 19.9 Å². The third kappa shape index (κ3) is 2.95. The van der Waals surface area contributed by atoms with E-state index in [1.807, 2.05) is 19.2 Å². The standard InChI is InChI=1S/C19H17FN4O/c1-11-15(10-23-19(24-11)18-21-6-3-7-22-18)14-9-13(14)12-4-5-16(20)17(8-12)25-2/h3-8,10,13-14H,9H2,1-2H3/t13-,14-/m1/s1. The van der Waals surface area contributed by atoms with Crippen LogP contribution in [-0.4, -0.2) is 27.0 Å². The first kappa shape index (κ1) is 15.6. The molecule has 0 unspecified atom stereocenters. The van der Waals surface area contributed by atoms with Crippen LogP contribution >= 0.6 is 0 Å². The molecule has 1 fully saturated rings. The Kier molecular flexibility index (Phi) is 3.87. The lowest BCUT2D eigenvalue weighted by Crippen LogP contribution is -2.00. The molecule has 0 bridgehead atoms. The fraction of sp³-hybridized carbons (Fsp3) is 0.263. The fourth-order valence-corrected chi connectivity index (χ4v) is 3.18. The molecule has 2 aromatic heterocycles. The summed E-state index contributed by atoms with van der Waals surface area (Å²) in [6, 6.07) is 6.83. The van der Waals surface area contributed by atoms with Gasteiger partial charge in [0.2, 0.25) is 0 Å². The Balaban J connectivity index is 1.58. The Morgan fingerprint density at radius 1 is 1.08 bits per heavy atom. The predicted molar refractivity (Wildman–Crippen MR) is 90.8 cm³/mol. The van der Waals surface area contributed by atoms with Gasteiger partial charge in [0, 0.05) is 24.3 Å². The number of aromatic nitrogens is 4. The molecule has 6 heteroatoms. The number of methoxy groups -OCH3 is 1. The summed E-state index contributed by atoms with van der Waals surface area (Å²) in [5.41, 5.74) is 3.13. The maximum Gasteiger partial charge on any atom is 0.197 e. The summed E-state index contributed by atoms with van der Waals surface area (Å²) in [6.07, 6.45) is 6.21. The topological polar surface area (TPSA) is 60.8 Å². The molecule has 126 valence electrons. The number of halogens is 1. The quantitative estimate of drug-likeness (QED) is 0.727. The summed E-state index contributed by atoms with van der Waals surface area (Å²) in [7, 11) is 1.48. The Labute approximate surface area is 145 Å². The van der Waals surface area contributed by atoms with Gasteiger partial charge in [-0.15, -0.1) is 0 Å². The minimum Gasteiger partial charge on any atom is -0.494 e. The zero-order valence-corrected chi connectivity index (χ0v) is 14.0. The highest BCUT2D eigenvalue weighted by atomic mass is 19.1. The molecule has 0 amide bonds. The van der Waals surface area contributed by atoms with Gasteiger partial charge in [0.15, 0.2) is 23.2 Å². The van der Waals surface area contributed by atoms with Crippen LogP contribution in [0.3, 0.4) is 0 Å². The van der Waals surface area contributed by atoms with Gasteiger partial charge in [-0.1, -0.05) is 6.07 Å². The van der Waals surface area contributed by atoms with Crippen LogP contribution in [0.1, 0.15) is 35.1 Å². The van der Waals surface area contributed by atoms with Crippen LogP contribution in [0.4, 0.5) is 4.39 Å². The van der Waals surface area contributed by atoms with E-state index in [-0.39, 0.29) is 11.6 Å². The highest BCUT2D eigenvalue weighted by molar-refractivity contribution is 5.46. The minimum atomic E-state index is -0.338. The van der Waals surface area contributed by atoms with Gasteiger partial charge in [0.05, 0.1) is 7.11 Å². The predicted octanol–water partition coefficient (Wildman–Crippen LogP) is 3.66. The van der Waals surface area contributed by atoms with Crippen molar-refractivity contribution in [3.63, 3.8) is 0 Å². The molecular formula is C19H17FN4O. The SMILES string of the molecule is COc1cc([C@H]2C[C@H]2c2cnc(-c3ncccn3)nc2C)ccc1F. The van der Waals surface area contributed by atoms with Crippen LogP contribution in [0.5, 0.6) is 5.75 Å². The molecule has 5 nitrogen and oxygen atoms in total. The van der Waals surface area contributed by atoms with Crippen LogP contribution in [0.2, 0.25) is 0 Å². The molecule has 4 rings (SSSR count). The highest BCUT2D eigenvalue weighted by Gasteiger charge is 2.41. The average molecular weight is 336 g/mol. The second-order valence-corrected chi connectivity index (χ2v) is 6.15. The average Bonchev–Trinajstić information content (AvgIpc) is 3.43. The maximum atomic E-state index is 13.6. The maximum absolute atomic E-state index is 13.6. The molecule has 1 saturated carbocycles. The first-order chi connectivity index (χ1) is 12.2. The number of hydrogen-bond acceptors (Lipinski definition) is 5. The fourth-order valence-electron chi connectivity index (χ4n) is 3.18. The van der Waals surface area contributed by atoms with Gasteiger partial charge in [-0.3, -0.25) is 0 Å². The van der Waals surface area contributed by atoms with Gasteiger partial charge in [-0.25, -0.2) is 24.3 Å². The molecule has 0 aliphatic heterocycles. The zero-order chi connectivity index (χ0) is 17.4. The Morgan fingerprint density at radius 3 is 2.60 bits per heavy atom. The molecule has 1 aromatic carbocycles. The lowest BCUT2D eigenvalue weighted by atomic mass is 10.0. The Morgan fingerprint density at radius 2 is 1.88 bits per heavy atom. The molecule has 25 heavy (non-hydrogen) atoms. The number of benzene rings is 1. The van der Waals surface area contributed by atoms with E-state index in [0.29, 0.717) is 23.5 Å². The molecule has 1 aliphatic rings. The van der Waals surface area contributed by atoms with Gasteiger partial charge >= 0.3 is 0 Å². The molecule has 0 radical (unpaired) electrons. The molecule has 0 spiro atoms. The van der Waals surface area contributed by atoms with E-state index in [1.165, 1.54) is 13.2 Å². The van der Waals surface area contributed by atoms with Crippen LogP contribution < -0.4 is 4.74 Å². The number of nitrogens with zero attached hydrogens (tertiary/aromatic N) is 4. The van der Waals surface area contributed by atoms with Crippen molar-refractivity contribution in [2.75, 3.05) is 7.11 Å². The zero-order valence-electron chi connectivity index (χ0n) is 14.0. The number of aryl methyl sites for hydroxylation is 1. The van der Waals surface area contributed by atoms with Gasteiger partial charge in [-0.2, -0.15) is 0 Å². The van der Waals surface area contributed by atoms with Crippen molar-refractivity contribution in [2.24, 2.45) is 0 Å². The third-order valence-electron chi connectivity index (χ3n) is 4.58. The molecule has 0 N–H and O–H groups in total. The van der Waals surface area contributed by atoms with Crippen molar-refractivity contribution >= 4 is 0 Å². The normalized spacial score (nSPS) is 18.8. The van der Waals surface area contributed by atoms with Crippen molar-refractivity contribution in [2.45, 2.75) is 25.2 Å². The van der Waals surface area contributed by atoms with Crippen molar-refractivity contribution in [3.8, 4) is 17.4 Å². The van der Waals surface area contributed by atoms with E-state index < -0.39 is 0 Å². The Hall–Kier alpha value is -2.89. The third-order valence-corrected chi connectivity index (χ3v) is 4.58. The number of rotatable bonds is 4. The highest BCUT2D eigenvalue weighted by Crippen LogP contribution is 2.55. The van der Waals surface area contributed by atoms with Gasteiger partial charge < -0.3 is 4.74 Å². The van der Waals surface area contributed by atoms with Crippen molar-refractivity contribution in [1.29, 1.82) is 0 Å². The molecule has 2 atom stereocenters. The van der Waals surface area contributed by atoms with Crippen LogP contribution in [0.25, 0.3) is 11.6 Å². The van der Waals surface area contributed by atoms with Crippen LogP contribution in [0.15, 0.2) is 42.9 Å². The second kappa shape index (κ2) is 6.20. The summed E-state index contributed by atoms with van der Waals surface area (Å²) in [5, 5.41) is 0. The van der Waals surface area contributed by atoms with E-state index in [4.69, 9.17) is 4.74 Å². The second-order valence-electron chi connectivity index (χ2n) is 6.15. The minimum absolute atomic E-state index is 0.285. The van der Waals surface area contributed by atoms with Gasteiger partial charge in [0.1, 0.15) is 0 Å². The molecule has 1 aliphatic carbocycles. The molecule has 3 aromatic rings. The molecule has 2 heterocycles. The summed E-state index contributed by atoms with van der Waals surface area (Å²) in [5.74, 6) is 1.69. The first-order valence-corrected chi connectivity index (χ1v) is 8.11. The van der Waals surface area contributed by atoms with E-state index in [9.17, 15) is 4.39 Å². The lowest BCUT2D eigenvalue weighted by molar-refractivity contribution is 0.386. The van der Waals surface area contributed by atoms with E-state index in [1.54, 1.807) is 24.5 Å². The smallest absolute Gasteiger partial charge is 0.197 e. The summed E-state index contributed by atoms with van der Waals surface area (Å²) < 4.78 is 18.7. The largest absolute Gasteiger partial charge is 0.494 e. The molecular weight excluding hydrogens is 319 g/mol. The van der Waals surface area contributed by atoms with Gasteiger partial charge in [0.25, 0.3) is 0 Å². The van der Waals surface area contributed by atoms with Crippen molar-refractivity contribution in [3.05, 3.63) is 65.5 Å². The number of ether oxygens (including phenoxy) is 1. The Bertz CT molecular complexity index is 917. The number of hydrogen-bond donors (Lipinski definition) is 0. The van der Waals surface area contributed by atoms with Gasteiger partial charge in [-0.05, 0) is 54.5 Å². The summed E-state index contributed by atoms with van der Waals surface area (Å²) in [4.78, 5) is 17.4. The monoisotopic (exact) mass is 336 g/mol. The van der Waals surface area contributed by atoms with Crippen molar-refractivity contribution in [1.82, 2.24) is 19.9 Å². The van der Waals surface area contributed by atoms with E-state index in [0.717, 1.165) is 23.2 Å². The molecule has 0 saturated heterocycles.